The molecule has 194 valence electrons. The maximum atomic E-state index is 13.4. The molecule has 11 heteroatoms. The van der Waals surface area contributed by atoms with Crippen LogP contribution in [-0.4, -0.2) is 52.0 Å². The van der Waals surface area contributed by atoms with E-state index in [0.717, 1.165) is 6.08 Å². The molecule has 0 aliphatic carbocycles. The molecule has 4 rings (SSSR count). The smallest absolute Gasteiger partial charge is 0.255 e. The van der Waals surface area contributed by atoms with Gasteiger partial charge in [0.05, 0.1) is 0 Å². The maximum Gasteiger partial charge on any atom is 0.255 e. The minimum absolute atomic E-state index is 0.123. The summed E-state index contributed by atoms with van der Waals surface area (Å²) in [6, 6.07) is 2.88. The largest absolute Gasteiger partial charge is 0.448 e. The van der Waals surface area contributed by atoms with Crippen molar-refractivity contribution < 1.29 is 28.4 Å². The number of anilines is 1. The van der Waals surface area contributed by atoms with Gasteiger partial charge in [-0.25, -0.2) is 4.98 Å². The molecule has 2 unspecified atom stereocenters. The van der Waals surface area contributed by atoms with E-state index in [-0.39, 0.29) is 42.8 Å². The highest BCUT2D eigenvalue weighted by molar-refractivity contribution is 6.08. The molecule has 2 atom stereocenters. The summed E-state index contributed by atoms with van der Waals surface area (Å²) >= 11 is 0. The Hall–Kier alpha value is -4.28. The summed E-state index contributed by atoms with van der Waals surface area (Å²) < 4.78 is 5.34. The molecular formula is C26H29N5O6. The molecule has 1 aromatic heterocycles. The molecule has 3 heterocycles. The summed E-state index contributed by atoms with van der Waals surface area (Å²) in [6.07, 6.45) is 2.70. The number of aromatic nitrogens is 1. The minimum atomic E-state index is -1.15. The van der Waals surface area contributed by atoms with Gasteiger partial charge in [-0.15, -0.1) is 0 Å². The summed E-state index contributed by atoms with van der Waals surface area (Å²) in [4.78, 5) is 70.5. The lowest BCUT2D eigenvalue weighted by Crippen LogP contribution is -2.52. The number of nitrogens with one attached hydrogen (secondary N) is 2. The SMILES string of the molecule is C=CC(=O)N(c1ccc2c(c1)CN(C1CCC(=O)NC1=O)C2=O)C(C(=O)NCC(C)C)c1ncoc1C. The lowest BCUT2D eigenvalue weighted by atomic mass is 10.0. The number of aryl methyl sites for hydroxylation is 1. The van der Waals surface area contributed by atoms with Crippen molar-refractivity contribution in [2.24, 2.45) is 5.92 Å². The van der Waals surface area contributed by atoms with E-state index in [0.29, 0.717) is 29.1 Å². The number of amides is 5. The Labute approximate surface area is 213 Å². The van der Waals surface area contributed by atoms with Gasteiger partial charge in [0.1, 0.15) is 17.5 Å². The first kappa shape index (κ1) is 25.8. The average Bonchev–Trinajstić information content (AvgIpc) is 3.42. The van der Waals surface area contributed by atoms with Crippen LogP contribution in [0, 0.1) is 12.8 Å². The van der Waals surface area contributed by atoms with Gasteiger partial charge in [0, 0.05) is 30.8 Å². The fraction of sp³-hybridized carbons (Fsp3) is 0.385. The molecule has 1 aromatic carbocycles. The molecule has 0 bridgehead atoms. The quantitative estimate of drug-likeness (QED) is 0.410. The fourth-order valence-electron chi connectivity index (χ4n) is 4.55. The number of rotatable bonds is 8. The molecular weight excluding hydrogens is 478 g/mol. The van der Waals surface area contributed by atoms with E-state index in [1.165, 1.54) is 16.2 Å². The van der Waals surface area contributed by atoms with E-state index < -0.39 is 29.8 Å². The Morgan fingerprint density at radius 1 is 1.32 bits per heavy atom. The maximum absolute atomic E-state index is 13.4. The van der Waals surface area contributed by atoms with Crippen LogP contribution in [0.5, 0.6) is 0 Å². The van der Waals surface area contributed by atoms with Crippen molar-refractivity contribution in [3.63, 3.8) is 0 Å². The lowest BCUT2D eigenvalue weighted by Gasteiger charge is -2.30. The third-order valence-corrected chi connectivity index (χ3v) is 6.43. The topological polar surface area (TPSA) is 142 Å². The monoisotopic (exact) mass is 507 g/mol. The molecule has 2 aromatic rings. The first-order valence-corrected chi connectivity index (χ1v) is 12.0. The molecule has 37 heavy (non-hydrogen) atoms. The highest BCUT2D eigenvalue weighted by Crippen LogP contribution is 2.34. The molecule has 2 aliphatic heterocycles. The molecule has 5 amide bonds. The molecule has 0 saturated carbocycles. The summed E-state index contributed by atoms with van der Waals surface area (Å²) in [5.74, 6) is -1.64. The molecule has 1 fully saturated rings. The van der Waals surface area contributed by atoms with Crippen LogP contribution in [0.25, 0.3) is 0 Å². The number of imide groups is 1. The Kier molecular flexibility index (Phi) is 7.23. The summed E-state index contributed by atoms with van der Waals surface area (Å²) in [5.41, 5.74) is 1.61. The molecule has 11 nitrogen and oxygen atoms in total. The third-order valence-electron chi connectivity index (χ3n) is 6.43. The Morgan fingerprint density at radius 2 is 2.08 bits per heavy atom. The number of fused-ring (bicyclic) bond motifs is 1. The average molecular weight is 508 g/mol. The second-order valence-electron chi connectivity index (χ2n) is 9.49. The number of carbonyl (C=O) groups excluding carboxylic acids is 5. The second-order valence-corrected chi connectivity index (χ2v) is 9.49. The van der Waals surface area contributed by atoms with Crippen molar-refractivity contribution in [1.82, 2.24) is 20.5 Å². The zero-order chi connectivity index (χ0) is 26.9. The van der Waals surface area contributed by atoms with Crippen molar-refractivity contribution in [3.8, 4) is 0 Å². The Balaban J connectivity index is 1.71. The number of carbonyl (C=O) groups is 5. The van der Waals surface area contributed by atoms with Gasteiger partial charge < -0.3 is 14.6 Å². The number of hydrogen-bond acceptors (Lipinski definition) is 7. The Bertz CT molecular complexity index is 1280. The number of benzene rings is 1. The van der Waals surface area contributed by atoms with E-state index in [4.69, 9.17) is 4.42 Å². The van der Waals surface area contributed by atoms with Crippen LogP contribution in [0.2, 0.25) is 0 Å². The van der Waals surface area contributed by atoms with Crippen LogP contribution in [0.15, 0.2) is 41.7 Å². The normalized spacial score (nSPS) is 17.9. The van der Waals surface area contributed by atoms with E-state index in [1.54, 1.807) is 25.1 Å². The van der Waals surface area contributed by atoms with Crippen LogP contribution < -0.4 is 15.5 Å². The number of oxazole rings is 1. The van der Waals surface area contributed by atoms with Gasteiger partial charge in [-0.3, -0.25) is 34.2 Å². The standard InChI is InChI=1S/C26H29N5O6/c1-5-21(33)31(23(22-15(4)37-13-28-22)25(35)27-11-14(2)3)17-6-7-18-16(10-17)12-30(26(18)36)19-8-9-20(32)29-24(19)34/h5-7,10,13-14,19,23H,1,8-9,11-12H2,2-4H3,(H,27,35)(H,29,32,34). The van der Waals surface area contributed by atoms with Crippen LogP contribution >= 0.6 is 0 Å². The number of nitrogens with zero attached hydrogens (tertiary/aromatic N) is 3. The predicted molar refractivity (Wildman–Crippen MR) is 132 cm³/mol. The van der Waals surface area contributed by atoms with E-state index in [1.807, 2.05) is 13.8 Å². The molecule has 2 N–H and O–H groups in total. The third kappa shape index (κ3) is 5.02. The predicted octanol–water partition coefficient (Wildman–Crippen LogP) is 1.78. The van der Waals surface area contributed by atoms with E-state index in [9.17, 15) is 24.0 Å². The van der Waals surface area contributed by atoms with Gasteiger partial charge in [-0.05, 0) is 49.1 Å². The van der Waals surface area contributed by atoms with Crippen LogP contribution in [0.3, 0.4) is 0 Å². The van der Waals surface area contributed by atoms with Crippen molar-refractivity contribution >= 4 is 35.2 Å². The summed E-state index contributed by atoms with van der Waals surface area (Å²) in [6.45, 7) is 9.67. The van der Waals surface area contributed by atoms with Crippen molar-refractivity contribution in [3.05, 3.63) is 59.8 Å². The number of hydrogen-bond donors (Lipinski definition) is 2. The zero-order valence-corrected chi connectivity index (χ0v) is 20.9. The van der Waals surface area contributed by atoms with E-state index >= 15 is 0 Å². The van der Waals surface area contributed by atoms with Gasteiger partial charge in [0.2, 0.25) is 17.7 Å². The molecule has 0 spiro atoms. The number of piperidine rings is 1. The lowest BCUT2D eigenvalue weighted by molar-refractivity contribution is -0.137. The van der Waals surface area contributed by atoms with Crippen LogP contribution in [0.1, 0.15) is 60.1 Å². The van der Waals surface area contributed by atoms with Crippen molar-refractivity contribution in [2.75, 3.05) is 11.4 Å². The van der Waals surface area contributed by atoms with Gasteiger partial charge >= 0.3 is 0 Å². The highest BCUT2D eigenvalue weighted by atomic mass is 16.3. The fourth-order valence-corrected chi connectivity index (χ4v) is 4.55. The van der Waals surface area contributed by atoms with Crippen LogP contribution in [0.4, 0.5) is 5.69 Å². The Morgan fingerprint density at radius 3 is 2.70 bits per heavy atom. The second kappa shape index (κ2) is 10.4. The van der Waals surface area contributed by atoms with Gasteiger partial charge in [-0.1, -0.05) is 20.4 Å². The van der Waals surface area contributed by atoms with Gasteiger partial charge in [0.25, 0.3) is 11.8 Å². The van der Waals surface area contributed by atoms with Gasteiger partial charge in [0.15, 0.2) is 12.4 Å². The van der Waals surface area contributed by atoms with Crippen LogP contribution in [-0.2, 0) is 25.7 Å². The minimum Gasteiger partial charge on any atom is -0.448 e. The summed E-state index contributed by atoms with van der Waals surface area (Å²) in [5, 5.41) is 5.14. The van der Waals surface area contributed by atoms with Crippen molar-refractivity contribution in [1.29, 1.82) is 0 Å². The first-order chi connectivity index (χ1) is 17.6. The van der Waals surface area contributed by atoms with Crippen molar-refractivity contribution in [2.45, 2.75) is 52.2 Å². The summed E-state index contributed by atoms with van der Waals surface area (Å²) in [7, 11) is 0. The molecule has 2 aliphatic rings. The van der Waals surface area contributed by atoms with Gasteiger partial charge in [-0.2, -0.15) is 0 Å². The first-order valence-electron chi connectivity index (χ1n) is 12.0. The zero-order valence-electron chi connectivity index (χ0n) is 20.9. The highest BCUT2D eigenvalue weighted by Gasteiger charge is 2.40. The van der Waals surface area contributed by atoms with E-state index in [2.05, 4.69) is 22.2 Å². The molecule has 1 saturated heterocycles. The molecule has 0 radical (unpaired) electrons.